The molecule has 1 unspecified atom stereocenters. The van der Waals surface area contributed by atoms with E-state index in [0.717, 1.165) is 13.1 Å². The van der Waals surface area contributed by atoms with Gasteiger partial charge >= 0.3 is 6.09 Å². The Balaban J connectivity index is 0.840. The number of rotatable bonds is 8. The molecule has 0 radical (unpaired) electrons. The van der Waals surface area contributed by atoms with Gasteiger partial charge in [-0.2, -0.15) is 0 Å². The number of aromatic nitrogens is 2. The maximum absolute atomic E-state index is 15.5. The Morgan fingerprint density at radius 2 is 1.16 bits per heavy atom. The van der Waals surface area contributed by atoms with Crippen LogP contribution in [0.25, 0.3) is 22.5 Å². The molecule has 8 heterocycles. The van der Waals surface area contributed by atoms with Crippen molar-refractivity contribution in [1.29, 1.82) is 0 Å². The zero-order valence-electron chi connectivity index (χ0n) is 41.0. The van der Waals surface area contributed by atoms with E-state index in [4.69, 9.17) is 46.9 Å². The Hall–Kier alpha value is -5.93. The zero-order chi connectivity index (χ0) is 51.5. The molecular weight excluding hydrogens is 994 g/mol. The molecule has 2 aromatic carbocycles. The van der Waals surface area contributed by atoms with Gasteiger partial charge in [0.1, 0.15) is 86.7 Å². The normalized spacial score (nSPS) is 21.5. The number of phenolic OH excluding ortho intramolecular Hbond substituents is 2. The van der Waals surface area contributed by atoms with Crippen molar-refractivity contribution < 1.29 is 57.1 Å². The smallest absolute Gasteiger partial charge is 0.410 e. The summed E-state index contributed by atoms with van der Waals surface area (Å²) in [6.07, 6.45) is 1.21. The van der Waals surface area contributed by atoms with Gasteiger partial charge in [0.15, 0.2) is 11.5 Å². The van der Waals surface area contributed by atoms with E-state index in [9.17, 15) is 24.6 Å². The Labute approximate surface area is 431 Å². The number of ether oxygens (including phenoxy) is 5. The van der Waals surface area contributed by atoms with E-state index in [1.165, 1.54) is 41.3 Å². The monoisotopic (exact) mass is 1050 g/mol. The van der Waals surface area contributed by atoms with Gasteiger partial charge in [-0.25, -0.2) is 23.5 Å². The van der Waals surface area contributed by atoms with Crippen LogP contribution in [-0.2, 0) is 4.74 Å². The molecule has 4 fully saturated rings. The van der Waals surface area contributed by atoms with Crippen molar-refractivity contribution in [2.24, 2.45) is 0 Å². The fraction of sp³-hybridized carbons (Fsp3) is 0.510. The number of hydrogen-bond donors (Lipinski definition) is 2. The zero-order valence-corrected chi connectivity index (χ0v) is 42.6. The lowest BCUT2D eigenvalue weighted by Gasteiger charge is -2.43. The van der Waals surface area contributed by atoms with Crippen LogP contribution in [0, 0.1) is 11.6 Å². The number of piperazine rings is 2. The second-order valence-electron chi connectivity index (χ2n) is 20.5. The molecule has 0 spiro atoms. The number of nitrogens with zero attached hydrogens (tertiary/aromatic N) is 8. The topological polar surface area (TPSA) is 183 Å². The van der Waals surface area contributed by atoms with Crippen LogP contribution in [0.5, 0.6) is 34.8 Å². The molecule has 2 N–H and O–H groups in total. The average molecular weight is 1050 g/mol. The van der Waals surface area contributed by atoms with E-state index >= 15 is 8.78 Å². The number of aromatic hydroxyl groups is 2. The lowest BCUT2D eigenvalue weighted by Crippen LogP contribution is -2.58. The number of hydrogen-bond acceptors (Lipinski definition) is 15. The number of carbonyl (C=O) groups is 3. The van der Waals surface area contributed by atoms with E-state index < -0.39 is 47.1 Å². The number of piperidine rings is 2. The molecule has 4 aromatic rings. The summed E-state index contributed by atoms with van der Waals surface area (Å²) in [4.78, 5) is 63.2. The van der Waals surface area contributed by atoms with Crippen LogP contribution in [0.15, 0.2) is 36.4 Å². The third-order valence-corrected chi connectivity index (χ3v) is 14.9. The largest absolute Gasteiger partial charge is 0.507 e. The average Bonchev–Trinajstić information content (AvgIpc) is 3.59. The Morgan fingerprint density at radius 3 is 1.66 bits per heavy atom. The summed E-state index contributed by atoms with van der Waals surface area (Å²) in [6.45, 7) is 10.6. The van der Waals surface area contributed by atoms with Crippen molar-refractivity contribution in [2.75, 3.05) is 92.4 Å². The van der Waals surface area contributed by atoms with E-state index in [0.29, 0.717) is 65.1 Å². The minimum absolute atomic E-state index is 0.0181. The molecule has 3 amide bonds. The summed E-state index contributed by atoms with van der Waals surface area (Å²) in [6, 6.07) is 6.76. The summed E-state index contributed by atoms with van der Waals surface area (Å²) in [5, 5.41) is 21.4. The highest BCUT2D eigenvalue weighted by molar-refractivity contribution is 6.36. The fourth-order valence-electron chi connectivity index (χ4n) is 10.4. The number of carbonyl (C=O) groups excluding carboxylic acids is 3. The molecule has 73 heavy (non-hydrogen) atoms. The van der Waals surface area contributed by atoms with Gasteiger partial charge in [-0.05, 0) is 77.8 Å². The van der Waals surface area contributed by atoms with Crippen LogP contribution in [0.3, 0.4) is 0 Å². The van der Waals surface area contributed by atoms with Gasteiger partial charge in [0.25, 0.3) is 11.8 Å². The fourth-order valence-corrected chi connectivity index (χ4v) is 11.0. The number of benzene rings is 2. The molecule has 390 valence electrons. The summed E-state index contributed by atoms with van der Waals surface area (Å²) in [7, 11) is 2.03. The third-order valence-electron chi connectivity index (χ3n) is 14.2. The number of halogens is 4. The van der Waals surface area contributed by atoms with Gasteiger partial charge in [-0.1, -0.05) is 35.3 Å². The van der Waals surface area contributed by atoms with E-state index in [-0.39, 0.29) is 124 Å². The summed E-state index contributed by atoms with van der Waals surface area (Å²) >= 11 is 13.9. The second kappa shape index (κ2) is 20.4. The highest BCUT2D eigenvalue weighted by atomic mass is 35.5. The number of amides is 3. The van der Waals surface area contributed by atoms with Crippen molar-refractivity contribution in [1.82, 2.24) is 39.4 Å². The maximum Gasteiger partial charge on any atom is 0.410 e. The van der Waals surface area contributed by atoms with Crippen molar-refractivity contribution in [2.45, 2.75) is 76.3 Å². The molecule has 6 aliphatic heterocycles. The lowest BCUT2D eigenvalue weighted by atomic mass is 10.1. The van der Waals surface area contributed by atoms with Gasteiger partial charge in [0.05, 0.1) is 29.9 Å². The molecule has 2 aromatic heterocycles. The molecule has 22 heteroatoms. The Kier molecular flexibility index (Phi) is 14.1. The molecule has 0 bridgehead atoms. The molecule has 0 aliphatic carbocycles. The second-order valence-corrected chi connectivity index (χ2v) is 21.2. The predicted octanol–water partition coefficient (Wildman–Crippen LogP) is 6.75. The number of likely N-dealkylation sites (tertiary alicyclic amines) is 2. The molecule has 4 saturated heterocycles. The summed E-state index contributed by atoms with van der Waals surface area (Å²) in [5.74, 6) is -3.31. The lowest BCUT2D eigenvalue weighted by molar-refractivity contribution is 0.000779. The molecule has 10 rings (SSSR count). The molecule has 0 saturated carbocycles. The minimum atomic E-state index is -0.790. The molecule has 18 nitrogen and oxygen atoms in total. The van der Waals surface area contributed by atoms with Crippen LogP contribution >= 0.6 is 23.2 Å². The molecular formula is C51H58Cl2F2N8O10. The van der Waals surface area contributed by atoms with Crippen LogP contribution in [0.2, 0.25) is 10.0 Å². The maximum atomic E-state index is 15.5. The summed E-state index contributed by atoms with van der Waals surface area (Å²) < 4.78 is 62.2. The highest BCUT2D eigenvalue weighted by Gasteiger charge is 2.44. The number of fused-ring (bicyclic) bond motifs is 4. The van der Waals surface area contributed by atoms with Crippen LogP contribution < -0.4 is 18.9 Å². The number of phenols is 2. The quantitative estimate of drug-likeness (QED) is 0.189. The predicted molar refractivity (Wildman–Crippen MR) is 264 cm³/mol. The first kappa shape index (κ1) is 50.6. The van der Waals surface area contributed by atoms with Crippen LogP contribution in [0.1, 0.15) is 67.2 Å². The standard InChI is InChI=1S/C51H58Cl2F2N8O10/c1-51(2,3)73-50(68)61-20-22-63-29(24-61)26-70-45-39(49(63)67)47(57-43(41(45)53)37-33(55)8-6-10-35(37)65)72-31-13-17-59(18-14-31)27-60-19-21-62-28(23-60)25-69-44-38(48(62)66)46(71-30-11-15-58(4)16-12-30)56-42(40(44)52)36-32(54)7-5-9-34(36)64/h5-10,28-31,64-65H,11-27H2,1-4H3/t28?,29-/m1/s1. The Bertz CT molecular complexity index is 2770. The molecule has 6 aliphatic rings. The number of pyridine rings is 2. The Morgan fingerprint density at radius 1 is 0.685 bits per heavy atom. The van der Waals surface area contributed by atoms with E-state index in [2.05, 4.69) is 24.7 Å². The SMILES string of the molecule is CN1CCC(Oc2nc(-c3c(O)cccc3F)c(Cl)c3c2C(=O)N2CCN(CN4CCC(Oc5nc(-c6c(O)cccc6F)c(Cl)c6c5C(=O)N5CCN(C(=O)OC(C)(C)C)C[C@@H]5CO6)CC4)CC2CO3)CC1. The highest BCUT2D eigenvalue weighted by Crippen LogP contribution is 2.48. The van der Waals surface area contributed by atoms with Crippen LogP contribution in [0.4, 0.5) is 13.6 Å². The van der Waals surface area contributed by atoms with Crippen molar-refractivity contribution in [3.63, 3.8) is 0 Å². The van der Waals surface area contributed by atoms with Crippen molar-refractivity contribution >= 4 is 41.1 Å². The van der Waals surface area contributed by atoms with E-state index in [1.54, 1.807) is 30.6 Å². The summed E-state index contributed by atoms with van der Waals surface area (Å²) in [5.41, 5.74) is -1.42. The minimum Gasteiger partial charge on any atom is -0.507 e. The van der Waals surface area contributed by atoms with Crippen molar-refractivity contribution in [3.05, 3.63) is 69.2 Å². The van der Waals surface area contributed by atoms with E-state index in [1.807, 2.05) is 7.05 Å². The first-order chi connectivity index (χ1) is 34.9. The third kappa shape index (κ3) is 10.2. The van der Waals surface area contributed by atoms with Gasteiger partial charge in [-0.3, -0.25) is 19.4 Å². The van der Waals surface area contributed by atoms with Crippen LogP contribution in [-0.4, -0.2) is 190 Å². The van der Waals surface area contributed by atoms with Gasteiger partial charge in [-0.15, -0.1) is 0 Å². The first-order valence-corrected chi connectivity index (χ1v) is 25.4. The molecule has 2 atom stereocenters. The van der Waals surface area contributed by atoms with Gasteiger partial charge in [0, 0.05) is 65.4 Å². The van der Waals surface area contributed by atoms with Gasteiger partial charge in [0.2, 0.25) is 11.8 Å². The van der Waals surface area contributed by atoms with Crippen molar-refractivity contribution in [3.8, 4) is 57.3 Å². The van der Waals surface area contributed by atoms with Gasteiger partial charge < -0.3 is 53.5 Å². The first-order valence-electron chi connectivity index (χ1n) is 24.7.